The van der Waals surface area contributed by atoms with Crippen LogP contribution in [0.1, 0.15) is 63.4 Å². The fraction of sp³-hybridized carbons (Fsp3) is 0.800. The summed E-state index contributed by atoms with van der Waals surface area (Å²) in [5.74, 6) is 0. The third-order valence-corrected chi connectivity index (χ3v) is 4.74. The fourth-order valence-electron chi connectivity index (χ4n) is 3.60. The second-order valence-electron chi connectivity index (χ2n) is 6.79. The van der Waals surface area contributed by atoms with E-state index in [1.807, 2.05) is 6.33 Å². The molecule has 0 aliphatic heterocycles. The molecule has 0 saturated heterocycles. The third kappa shape index (κ3) is 2.09. The van der Waals surface area contributed by atoms with Crippen molar-refractivity contribution >= 4 is 0 Å². The van der Waals surface area contributed by atoms with Gasteiger partial charge in [0.2, 0.25) is 0 Å². The molecule has 1 saturated carbocycles. The van der Waals surface area contributed by atoms with Crippen LogP contribution in [0.4, 0.5) is 0 Å². The zero-order valence-corrected chi connectivity index (χ0v) is 11.5. The second kappa shape index (κ2) is 4.37. The van der Waals surface area contributed by atoms with Gasteiger partial charge >= 0.3 is 0 Å². The van der Waals surface area contributed by atoms with Crippen LogP contribution in [0, 0.1) is 5.41 Å². The maximum Gasteiger partial charge on any atom is 0.0955 e. The molecule has 100 valence electrons. The highest BCUT2D eigenvalue weighted by Gasteiger charge is 2.36. The molecule has 3 nitrogen and oxygen atoms in total. The summed E-state index contributed by atoms with van der Waals surface area (Å²) in [4.78, 5) is 4.57. The smallest absolute Gasteiger partial charge is 0.0955 e. The average Bonchev–Trinajstić information content (AvgIpc) is 2.76. The number of aliphatic hydroxyl groups excluding tert-OH is 1. The van der Waals surface area contributed by atoms with Crippen molar-refractivity contribution in [2.75, 3.05) is 0 Å². The molecule has 2 aliphatic carbocycles. The topological polar surface area (TPSA) is 38.0 Å². The van der Waals surface area contributed by atoms with Crippen LogP contribution >= 0.6 is 0 Å². The monoisotopic (exact) mass is 248 g/mol. The van der Waals surface area contributed by atoms with Crippen molar-refractivity contribution in [3.05, 3.63) is 17.7 Å². The van der Waals surface area contributed by atoms with Crippen molar-refractivity contribution in [3.8, 4) is 0 Å². The van der Waals surface area contributed by atoms with Gasteiger partial charge in [0.05, 0.1) is 24.2 Å². The molecule has 1 aromatic rings. The average molecular weight is 248 g/mol. The first-order valence-electron chi connectivity index (χ1n) is 7.29. The lowest BCUT2D eigenvalue weighted by molar-refractivity contribution is 0.0267. The number of aliphatic hydroxyl groups is 1. The predicted molar refractivity (Wildman–Crippen MR) is 71.5 cm³/mol. The second-order valence-corrected chi connectivity index (χ2v) is 6.79. The lowest BCUT2D eigenvalue weighted by Crippen LogP contribution is -2.35. The molecular formula is C15H24N2O. The Kier molecular flexibility index (Phi) is 2.97. The standard InChI is InChI=1S/C15H24N2O/c1-15(2)8-7-14(18)13(9-15)17-10-16-11-5-3-4-6-12(11)17/h10,13-14,18H,3-9H2,1-2H3. The molecule has 2 aliphatic rings. The molecule has 0 bridgehead atoms. The number of hydrogen-bond donors (Lipinski definition) is 1. The van der Waals surface area contributed by atoms with Crippen LogP contribution in [-0.4, -0.2) is 20.8 Å². The Bertz CT molecular complexity index is 436. The molecule has 1 fully saturated rings. The first-order chi connectivity index (χ1) is 8.57. The van der Waals surface area contributed by atoms with Crippen molar-refractivity contribution in [1.29, 1.82) is 0 Å². The van der Waals surface area contributed by atoms with Gasteiger partial charge in [-0.3, -0.25) is 0 Å². The van der Waals surface area contributed by atoms with Crippen LogP contribution in [0.5, 0.6) is 0 Å². The Balaban J connectivity index is 1.91. The van der Waals surface area contributed by atoms with E-state index in [1.165, 1.54) is 24.2 Å². The molecule has 3 rings (SSSR count). The van der Waals surface area contributed by atoms with Gasteiger partial charge in [-0.2, -0.15) is 0 Å². The van der Waals surface area contributed by atoms with Crippen LogP contribution in [0.3, 0.4) is 0 Å². The summed E-state index contributed by atoms with van der Waals surface area (Å²) in [5, 5.41) is 10.3. The van der Waals surface area contributed by atoms with E-state index in [4.69, 9.17) is 0 Å². The molecule has 1 N–H and O–H groups in total. The highest BCUT2D eigenvalue weighted by Crippen LogP contribution is 2.42. The van der Waals surface area contributed by atoms with E-state index in [0.717, 1.165) is 32.1 Å². The number of fused-ring (bicyclic) bond motifs is 1. The van der Waals surface area contributed by atoms with Crippen molar-refractivity contribution in [3.63, 3.8) is 0 Å². The lowest BCUT2D eigenvalue weighted by atomic mass is 9.73. The summed E-state index contributed by atoms with van der Waals surface area (Å²) in [6.45, 7) is 4.63. The zero-order valence-electron chi connectivity index (χ0n) is 11.5. The normalized spacial score (nSPS) is 31.1. The Morgan fingerprint density at radius 2 is 2.11 bits per heavy atom. The SMILES string of the molecule is CC1(C)CCC(O)C(n2cnc3c2CCCC3)C1. The van der Waals surface area contributed by atoms with Crippen LogP contribution in [0.25, 0.3) is 0 Å². The van der Waals surface area contributed by atoms with Gasteiger partial charge in [-0.1, -0.05) is 13.8 Å². The fourth-order valence-corrected chi connectivity index (χ4v) is 3.60. The van der Waals surface area contributed by atoms with Crippen LogP contribution in [0.15, 0.2) is 6.33 Å². The van der Waals surface area contributed by atoms with Gasteiger partial charge in [-0.25, -0.2) is 4.98 Å². The van der Waals surface area contributed by atoms with Gasteiger partial charge in [0.25, 0.3) is 0 Å². The summed E-state index contributed by atoms with van der Waals surface area (Å²) >= 11 is 0. The van der Waals surface area contributed by atoms with E-state index in [2.05, 4.69) is 23.4 Å². The highest BCUT2D eigenvalue weighted by molar-refractivity contribution is 5.18. The Labute approximate surface area is 109 Å². The molecule has 0 radical (unpaired) electrons. The Morgan fingerprint density at radius 3 is 2.94 bits per heavy atom. The summed E-state index contributed by atoms with van der Waals surface area (Å²) in [7, 11) is 0. The number of aryl methyl sites for hydroxylation is 1. The largest absolute Gasteiger partial charge is 0.391 e. The van der Waals surface area contributed by atoms with Crippen LogP contribution < -0.4 is 0 Å². The number of hydrogen-bond acceptors (Lipinski definition) is 2. The third-order valence-electron chi connectivity index (χ3n) is 4.74. The van der Waals surface area contributed by atoms with Gasteiger partial charge in [-0.05, 0) is 50.4 Å². The molecule has 0 amide bonds. The van der Waals surface area contributed by atoms with Crippen molar-refractivity contribution in [2.24, 2.45) is 5.41 Å². The molecule has 2 atom stereocenters. The molecule has 1 heterocycles. The quantitative estimate of drug-likeness (QED) is 0.830. The maximum atomic E-state index is 10.3. The number of aromatic nitrogens is 2. The van der Waals surface area contributed by atoms with Gasteiger partial charge in [0.1, 0.15) is 0 Å². The summed E-state index contributed by atoms with van der Waals surface area (Å²) in [6.07, 6.45) is 9.69. The molecule has 18 heavy (non-hydrogen) atoms. The summed E-state index contributed by atoms with van der Waals surface area (Å²) in [5.41, 5.74) is 3.01. The van der Waals surface area contributed by atoms with Gasteiger partial charge < -0.3 is 9.67 Å². The molecular weight excluding hydrogens is 224 g/mol. The minimum absolute atomic E-state index is 0.196. The molecule has 0 aromatic carbocycles. The van der Waals surface area contributed by atoms with Crippen molar-refractivity contribution in [1.82, 2.24) is 9.55 Å². The van der Waals surface area contributed by atoms with E-state index in [-0.39, 0.29) is 12.1 Å². The summed E-state index contributed by atoms with van der Waals surface area (Å²) in [6, 6.07) is 0.239. The highest BCUT2D eigenvalue weighted by atomic mass is 16.3. The maximum absolute atomic E-state index is 10.3. The minimum atomic E-state index is -0.196. The Morgan fingerprint density at radius 1 is 1.33 bits per heavy atom. The van der Waals surface area contributed by atoms with Gasteiger partial charge in [0.15, 0.2) is 0 Å². The molecule has 2 unspecified atom stereocenters. The predicted octanol–water partition coefficient (Wildman–Crippen LogP) is 2.87. The van der Waals surface area contributed by atoms with Crippen molar-refractivity contribution < 1.29 is 5.11 Å². The molecule has 1 aromatic heterocycles. The van der Waals surface area contributed by atoms with Gasteiger partial charge in [-0.15, -0.1) is 0 Å². The van der Waals surface area contributed by atoms with E-state index in [9.17, 15) is 5.11 Å². The zero-order chi connectivity index (χ0) is 12.8. The van der Waals surface area contributed by atoms with E-state index < -0.39 is 0 Å². The van der Waals surface area contributed by atoms with E-state index in [1.54, 1.807) is 0 Å². The van der Waals surface area contributed by atoms with Crippen LogP contribution in [0.2, 0.25) is 0 Å². The number of nitrogens with zero attached hydrogens (tertiary/aromatic N) is 2. The minimum Gasteiger partial charge on any atom is -0.391 e. The Hall–Kier alpha value is -0.830. The number of imidazole rings is 1. The summed E-state index contributed by atoms with van der Waals surface area (Å²) < 4.78 is 2.29. The first-order valence-corrected chi connectivity index (χ1v) is 7.29. The lowest BCUT2D eigenvalue weighted by Gasteiger charge is -2.40. The van der Waals surface area contributed by atoms with E-state index >= 15 is 0 Å². The molecule has 0 spiro atoms. The first kappa shape index (κ1) is 12.2. The van der Waals surface area contributed by atoms with E-state index in [0.29, 0.717) is 5.41 Å². The number of rotatable bonds is 1. The van der Waals surface area contributed by atoms with Gasteiger partial charge in [0, 0.05) is 5.69 Å². The van der Waals surface area contributed by atoms with Crippen molar-refractivity contribution in [2.45, 2.75) is 70.9 Å². The van der Waals surface area contributed by atoms with Crippen LogP contribution in [-0.2, 0) is 12.8 Å². The molecule has 3 heteroatoms.